The Balaban J connectivity index is 1.74. The van der Waals surface area contributed by atoms with E-state index in [-0.39, 0.29) is 16.5 Å². The quantitative estimate of drug-likeness (QED) is 0.285. The third kappa shape index (κ3) is 5.74. The first-order valence-electron chi connectivity index (χ1n) is 9.97. The van der Waals surface area contributed by atoms with Crippen LogP contribution in [0.1, 0.15) is 12.0 Å². The summed E-state index contributed by atoms with van der Waals surface area (Å²) in [6.07, 6.45) is 5.69. The highest BCUT2D eigenvalue weighted by atomic mass is 32.2. The summed E-state index contributed by atoms with van der Waals surface area (Å²) in [7, 11) is -1.12. The number of fused-ring (bicyclic) bond motifs is 1. The van der Waals surface area contributed by atoms with Gasteiger partial charge in [-0.2, -0.15) is 0 Å². The molecule has 0 unspecified atom stereocenters. The molecule has 10 nitrogen and oxygen atoms in total. The minimum Gasteiger partial charge on any atom is -0.496 e. The largest absolute Gasteiger partial charge is 0.496 e. The van der Waals surface area contributed by atoms with E-state index in [2.05, 4.69) is 20.5 Å². The standard InChI is InChI=1S/C22H24N4O6S/c1-4-20(27)24-11-7-10-23-14-15-12-17(31-3)21-18(13-15)32-25-22(21)26-33(28,29)19-9-6-5-8-16(19)30-2/h1,5-6,8-9,12-13,23H,7,10-11,14H2,2-3H3,(H,24,27)(H,25,26). The topological polar surface area (TPSA) is 132 Å². The minimum atomic E-state index is -3.99. The van der Waals surface area contributed by atoms with Crippen molar-refractivity contribution in [1.29, 1.82) is 0 Å². The smallest absolute Gasteiger partial charge is 0.295 e. The predicted octanol–water partition coefficient (Wildman–Crippen LogP) is 1.87. The molecule has 0 aliphatic carbocycles. The van der Waals surface area contributed by atoms with Gasteiger partial charge in [0, 0.05) is 13.1 Å². The number of anilines is 1. The molecule has 174 valence electrons. The maximum atomic E-state index is 12.9. The van der Waals surface area contributed by atoms with E-state index in [0.29, 0.717) is 42.8 Å². The molecule has 0 saturated heterocycles. The number of aromatic nitrogens is 1. The van der Waals surface area contributed by atoms with Gasteiger partial charge in [0.25, 0.3) is 15.9 Å². The number of sulfonamides is 1. The van der Waals surface area contributed by atoms with Crippen molar-refractivity contribution in [3.8, 4) is 23.8 Å². The zero-order valence-electron chi connectivity index (χ0n) is 18.2. The number of para-hydroxylation sites is 1. The molecular weight excluding hydrogens is 448 g/mol. The molecule has 3 aromatic rings. The van der Waals surface area contributed by atoms with Gasteiger partial charge in [-0.25, -0.2) is 8.42 Å². The number of terminal acetylenes is 1. The highest BCUT2D eigenvalue weighted by molar-refractivity contribution is 7.92. The van der Waals surface area contributed by atoms with Crippen LogP contribution in [0.25, 0.3) is 11.0 Å². The van der Waals surface area contributed by atoms with Crippen LogP contribution >= 0.6 is 0 Å². The van der Waals surface area contributed by atoms with E-state index >= 15 is 0 Å². The van der Waals surface area contributed by atoms with Crippen molar-refractivity contribution in [2.75, 3.05) is 32.0 Å². The van der Waals surface area contributed by atoms with Crippen LogP contribution in [-0.2, 0) is 21.4 Å². The highest BCUT2D eigenvalue weighted by Gasteiger charge is 2.24. The van der Waals surface area contributed by atoms with Crippen molar-refractivity contribution in [1.82, 2.24) is 15.8 Å². The third-order valence-electron chi connectivity index (χ3n) is 4.68. The van der Waals surface area contributed by atoms with Crippen LogP contribution in [0.15, 0.2) is 45.8 Å². The minimum absolute atomic E-state index is 0.0107. The summed E-state index contributed by atoms with van der Waals surface area (Å²) in [5.41, 5.74) is 1.22. The lowest BCUT2D eigenvalue weighted by atomic mass is 10.1. The Morgan fingerprint density at radius 3 is 2.64 bits per heavy atom. The molecule has 0 bridgehead atoms. The number of carbonyl (C=O) groups is 1. The Morgan fingerprint density at radius 2 is 1.91 bits per heavy atom. The van der Waals surface area contributed by atoms with Gasteiger partial charge in [0.2, 0.25) is 0 Å². The van der Waals surface area contributed by atoms with Gasteiger partial charge in [-0.1, -0.05) is 17.3 Å². The number of ether oxygens (including phenoxy) is 2. The second kappa shape index (κ2) is 10.7. The lowest BCUT2D eigenvalue weighted by Crippen LogP contribution is -2.25. The van der Waals surface area contributed by atoms with Gasteiger partial charge in [0.05, 0.1) is 14.2 Å². The summed E-state index contributed by atoms with van der Waals surface area (Å²) in [4.78, 5) is 11.0. The van der Waals surface area contributed by atoms with Gasteiger partial charge in [-0.3, -0.25) is 9.52 Å². The van der Waals surface area contributed by atoms with Gasteiger partial charge in [-0.15, -0.1) is 6.42 Å². The van der Waals surface area contributed by atoms with Gasteiger partial charge >= 0.3 is 0 Å². The molecule has 1 aromatic heterocycles. The molecule has 1 amide bonds. The number of hydrogen-bond acceptors (Lipinski definition) is 8. The summed E-state index contributed by atoms with van der Waals surface area (Å²) >= 11 is 0. The van der Waals surface area contributed by atoms with Crippen LogP contribution in [0, 0.1) is 12.3 Å². The zero-order chi connectivity index (χ0) is 23.8. The molecule has 3 N–H and O–H groups in total. The Hall–Kier alpha value is -3.75. The number of nitrogens with one attached hydrogen (secondary N) is 3. The highest BCUT2D eigenvalue weighted by Crippen LogP contribution is 2.35. The van der Waals surface area contributed by atoms with E-state index < -0.39 is 15.9 Å². The fraction of sp³-hybridized carbons (Fsp3) is 0.273. The summed E-state index contributed by atoms with van der Waals surface area (Å²) in [6.45, 7) is 1.61. The summed E-state index contributed by atoms with van der Waals surface area (Å²) < 4.78 is 44.3. The molecule has 3 rings (SSSR count). The van der Waals surface area contributed by atoms with Gasteiger partial charge in [0.15, 0.2) is 11.4 Å². The molecule has 1 heterocycles. The van der Waals surface area contributed by atoms with Gasteiger partial charge in [-0.05, 0) is 48.7 Å². The second-order valence-corrected chi connectivity index (χ2v) is 8.54. The third-order valence-corrected chi connectivity index (χ3v) is 6.06. The van der Waals surface area contributed by atoms with Crippen molar-refractivity contribution in [2.45, 2.75) is 17.9 Å². The monoisotopic (exact) mass is 472 g/mol. The lowest BCUT2D eigenvalue weighted by Gasteiger charge is -2.11. The van der Waals surface area contributed by atoms with E-state index in [1.54, 1.807) is 30.3 Å². The van der Waals surface area contributed by atoms with E-state index in [9.17, 15) is 13.2 Å². The van der Waals surface area contributed by atoms with Crippen LogP contribution in [-0.4, -0.2) is 46.8 Å². The predicted molar refractivity (Wildman–Crippen MR) is 123 cm³/mol. The number of rotatable bonds is 11. The Labute approximate surface area is 191 Å². The average Bonchev–Trinajstić information content (AvgIpc) is 3.22. The Bertz CT molecular complexity index is 1280. The molecule has 0 aliphatic heterocycles. The van der Waals surface area contributed by atoms with E-state index in [4.69, 9.17) is 20.4 Å². The molecule has 0 radical (unpaired) electrons. The summed E-state index contributed by atoms with van der Waals surface area (Å²) in [5.74, 6) is 2.18. The first-order chi connectivity index (χ1) is 15.9. The van der Waals surface area contributed by atoms with Gasteiger partial charge < -0.3 is 24.6 Å². The Morgan fingerprint density at radius 1 is 1.15 bits per heavy atom. The molecule has 0 atom stereocenters. The fourth-order valence-electron chi connectivity index (χ4n) is 3.14. The van der Waals surface area contributed by atoms with Crippen LogP contribution in [0.3, 0.4) is 0 Å². The first kappa shape index (κ1) is 23.9. The number of benzene rings is 2. The van der Waals surface area contributed by atoms with Crippen LogP contribution in [0.4, 0.5) is 5.82 Å². The maximum absolute atomic E-state index is 12.9. The molecular formula is C22H24N4O6S. The fourth-order valence-corrected chi connectivity index (χ4v) is 4.32. The first-order valence-corrected chi connectivity index (χ1v) is 11.4. The molecule has 0 saturated carbocycles. The maximum Gasteiger partial charge on any atom is 0.295 e. The molecule has 33 heavy (non-hydrogen) atoms. The van der Waals surface area contributed by atoms with Crippen molar-refractivity contribution < 1.29 is 27.2 Å². The lowest BCUT2D eigenvalue weighted by molar-refractivity contribution is -0.115. The summed E-state index contributed by atoms with van der Waals surface area (Å²) in [5, 5.41) is 10.1. The van der Waals surface area contributed by atoms with Crippen LogP contribution in [0.2, 0.25) is 0 Å². The second-order valence-electron chi connectivity index (χ2n) is 6.89. The summed E-state index contributed by atoms with van der Waals surface area (Å²) in [6, 6.07) is 9.78. The van der Waals surface area contributed by atoms with Crippen molar-refractivity contribution in [3.63, 3.8) is 0 Å². The number of amides is 1. The molecule has 0 fully saturated rings. The SMILES string of the molecule is C#CC(=O)NCCCNCc1cc(OC)c2c(NS(=O)(=O)c3ccccc3OC)noc2c1. The Kier molecular flexibility index (Phi) is 7.76. The zero-order valence-corrected chi connectivity index (χ0v) is 19.0. The molecule has 2 aromatic carbocycles. The average molecular weight is 473 g/mol. The van der Waals surface area contributed by atoms with E-state index in [1.807, 2.05) is 5.92 Å². The number of nitrogens with zero attached hydrogens (tertiary/aromatic N) is 1. The van der Waals surface area contributed by atoms with Crippen LogP contribution < -0.4 is 24.8 Å². The van der Waals surface area contributed by atoms with Crippen molar-refractivity contribution in [3.05, 3.63) is 42.0 Å². The molecule has 0 aliphatic rings. The number of hydrogen-bond donors (Lipinski definition) is 3. The van der Waals surface area contributed by atoms with Crippen molar-refractivity contribution >= 4 is 32.7 Å². The molecule has 0 spiro atoms. The normalized spacial score (nSPS) is 11.1. The molecule has 11 heteroatoms. The van der Waals surface area contributed by atoms with E-state index in [0.717, 1.165) is 5.56 Å². The number of methoxy groups -OCH3 is 2. The van der Waals surface area contributed by atoms with Crippen molar-refractivity contribution in [2.24, 2.45) is 0 Å². The number of carbonyl (C=O) groups excluding carboxylic acids is 1. The van der Waals surface area contributed by atoms with Crippen LogP contribution in [0.5, 0.6) is 11.5 Å². The van der Waals surface area contributed by atoms with Gasteiger partial charge in [0.1, 0.15) is 21.8 Å². The van der Waals surface area contributed by atoms with E-state index in [1.165, 1.54) is 20.3 Å².